The zero-order valence-corrected chi connectivity index (χ0v) is 10.6. The van der Waals surface area contributed by atoms with Crippen LogP contribution in [0, 0.1) is 12.7 Å². The number of aryl methyl sites for hydroxylation is 1. The number of anilines is 1. The molecule has 0 aliphatic carbocycles. The summed E-state index contributed by atoms with van der Waals surface area (Å²) in [5.74, 6) is -0.958. The first-order chi connectivity index (χ1) is 9.45. The smallest absolute Gasteiger partial charge is 0.324 e. The number of hydrogen-bond donors (Lipinski definition) is 2. The second-order valence-electron chi connectivity index (χ2n) is 4.25. The molecule has 0 fully saturated rings. The van der Waals surface area contributed by atoms with Gasteiger partial charge in [-0.2, -0.15) is 0 Å². The van der Waals surface area contributed by atoms with E-state index in [1.165, 1.54) is 24.4 Å². The molecule has 1 aromatic heterocycles. The summed E-state index contributed by atoms with van der Waals surface area (Å²) >= 11 is 0. The SMILES string of the molecule is Cc1ccc(F)cc1NC(=O)Cn1ccc(=O)[nH]c1=O. The monoisotopic (exact) mass is 277 g/mol. The predicted octanol–water partition coefficient (Wildman–Crippen LogP) is 0.623. The molecule has 2 aromatic rings. The fourth-order valence-electron chi connectivity index (χ4n) is 1.64. The highest BCUT2D eigenvalue weighted by atomic mass is 19.1. The van der Waals surface area contributed by atoms with Gasteiger partial charge in [0.1, 0.15) is 12.4 Å². The third-order valence-corrected chi connectivity index (χ3v) is 2.68. The van der Waals surface area contributed by atoms with Crippen LogP contribution in [-0.2, 0) is 11.3 Å². The normalized spacial score (nSPS) is 10.3. The van der Waals surface area contributed by atoms with Crippen LogP contribution in [0.15, 0.2) is 40.1 Å². The number of H-pyrrole nitrogens is 1. The van der Waals surface area contributed by atoms with Gasteiger partial charge in [0, 0.05) is 18.0 Å². The Balaban J connectivity index is 2.15. The molecule has 6 nitrogen and oxygen atoms in total. The van der Waals surface area contributed by atoms with Crippen molar-refractivity contribution in [3.05, 3.63) is 62.7 Å². The zero-order chi connectivity index (χ0) is 14.7. The van der Waals surface area contributed by atoms with Crippen LogP contribution in [0.3, 0.4) is 0 Å². The number of hydrogen-bond acceptors (Lipinski definition) is 3. The van der Waals surface area contributed by atoms with Gasteiger partial charge in [0.25, 0.3) is 5.56 Å². The van der Waals surface area contributed by atoms with Gasteiger partial charge >= 0.3 is 5.69 Å². The van der Waals surface area contributed by atoms with Crippen molar-refractivity contribution < 1.29 is 9.18 Å². The van der Waals surface area contributed by atoms with E-state index >= 15 is 0 Å². The Morgan fingerprint density at radius 3 is 2.80 bits per heavy atom. The van der Waals surface area contributed by atoms with Crippen molar-refractivity contribution in [3.8, 4) is 0 Å². The molecular weight excluding hydrogens is 265 g/mol. The summed E-state index contributed by atoms with van der Waals surface area (Å²) in [6.07, 6.45) is 1.22. The summed E-state index contributed by atoms with van der Waals surface area (Å²) < 4.78 is 14.1. The molecule has 0 radical (unpaired) electrons. The summed E-state index contributed by atoms with van der Waals surface area (Å²) in [6.45, 7) is 1.45. The number of aromatic amines is 1. The lowest BCUT2D eigenvalue weighted by Crippen LogP contribution is -2.32. The summed E-state index contributed by atoms with van der Waals surface area (Å²) in [5.41, 5.74) is -0.169. The van der Waals surface area contributed by atoms with Crippen molar-refractivity contribution >= 4 is 11.6 Å². The van der Waals surface area contributed by atoms with Crippen molar-refractivity contribution in [2.75, 3.05) is 5.32 Å². The van der Waals surface area contributed by atoms with E-state index in [1.54, 1.807) is 6.92 Å². The largest absolute Gasteiger partial charge is 0.328 e. The molecule has 0 spiro atoms. The van der Waals surface area contributed by atoms with Crippen molar-refractivity contribution in [1.82, 2.24) is 9.55 Å². The topological polar surface area (TPSA) is 84.0 Å². The van der Waals surface area contributed by atoms with Gasteiger partial charge in [0.2, 0.25) is 5.91 Å². The molecule has 20 heavy (non-hydrogen) atoms. The fraction of sp³-hybridized carbons (Fsp3) is 0.154. The van der Waals surface area contributed by atoms with Gasteiger partial charge in [-0.15, -0.1) is 0 Å². The molecule has 2 rings (SSSR count). The fourth-order valence-corrected chi connectivity index (χ4v) is 1.64. The van der Waals surface area contributed by atoms with Gasteiger partial charge < -0.3 is 5.32 Å². The Morgan fingerprint density at radius 2 is 2.10 bits per heavy atom. The van der Waals surface area contributed by atoms with E-state index in [9.17, 15) is 18.8 Å². The lowest BCUT2D eigenvalue weighted by molar-refractivity contribution is -0.116. The Hall–Kier alpha value is -2.70. The number of aromatic nitrogens is 2. The van der Waals surface area contributed by atoms with Crippen LogP contribution in [0.2, 0.25) is 0 Å². The molecule has 0 aliphatic rings. The number of carbonyl (C=O) groups is 1. The van der Waals surface area contributed by atoms with Crippen molar-refractivity contribution in [2.24, 2.45) is 0 Å². The van der Waals surface area contributed by atoms with E-state index in [1.807, 2.05) is 4.98 Å². The van der Waals surface area contributed by atoms with Gasteiger partial charge in [-0.25, -0.2) is 9.18 Å². The van der Waals surface area contributed by atoms with Gasteiger partial charge in [-0.05, 0) is 24.6 Å². The van der Waals surface area contributed by atoms with Gasteiger partial charge in [-0.3, -0.25) is 19.1 Å². The molecule has 7 heteroatoms. The lowest BCUT2D eigenvalue weighted by atomic mass is 10.2. The van der Waals surface area contributed by atoms with Crippen LogP contribution in [0.1, 0.15) is 5.56 Å². The standard InChI is InChI=1S/C13H12FN3O3/c1-8-2-3-9(14)6-10(8)15-12(19)7-17-5-4-11(18)16-13(17)20/h2-6H,7H2,1H3,(H,15,19)(H,16,18,20). The predicted molar refractivity (Wildman–Crippen MR) is 71.1 cm³/mol. The van der Waals surface area contributed by atoms with Crippen LogP contribution in [0.4, 0.5) is 10.1 Å². The molecule has 0 saturated heterocycles. The Kier molecular flexibility index (Phi) is 3.79. The van der Waals surface area contributed by atoms with Crippen LogP contribution >= 0.6 is 0 Å². The summed E-state index contributed by atoms with van der Waals surface area (Å²) in [5, 5.41) is 2.51. The molecule has 1 aromatic carbocycles. The average Bonchev–Trinajstić information content (AvgIpc) is 2.37. The van der Waals surface area contributed by atoms with Gasteiger partial charge in [-0.1, -0.05) is 6.07 Å². The van der Waals surface area contributed by atoms with Gasteiger partial charge in [0.15, 0.2) is 0 Å². The molecule has 0 bridgehead atoms. The summed E-state index contributed by atoms with van der Waals surface area (Å²) in [6, 6.07) is 5.17. The maximum absolute atomic E-state index is 13.1. The maximum Gasteiger partial charge on any atom is 0.328 e. The Labute approximate surface area is 112 Å². The van der Waals surface area contributed by atoms with Crippen LogP contribution in [0.5, 0.6) is 0 Å². The first-order valence-electron chi connectivity index (χ1n) is 5.81. The first-order valence-corrected chi connectivity index (χ1v) is 5.81. The summed E-state index contributed by atoms with van der Waals surface area (Å²) in [4.78, 5) is 36.1. The maximum atomic E-state index is 13.1. The minimum absolute atomic E-state index is 0.272. The minimum atomic E-state index is -0.677. The number of amides is 1. The van der Waals surface area contributed by atoms with E-state index in [-0.39, 0.29) is 6.54 Å². The van der Waals surface area contributed by atoms with Crippen LogP contribution in [0.25, 0.3) is 0 Å². The number of benzene rings is 1. The third-order valence-electron chi connectivity index (χ3n) is 2.68. The number of halogens is 1. The van der Waals surface area contributed by atoms with E-state index in [0.29, 0.717) is 11.3 Å². The molecule has 0 atom stereocenters. The number of nitrogens with zero attached hydrogens (tertiary/aromatic N) is 1. The zero-order valence-electron chi connectivity index (χ0n) is 10.6. The van der Waals surface area contributed by atoms with Gasteiger partial charge in [0.05, 0.1) is 0 Å². The highest BCUT2D eigenvalue weighted by Crippen LogP contribution is 2.15. The quantitative estimate of drug-likeness (QED) is 0.862. The van der Waals surface area contributed by atoms with Crippen LogP contribution < -0.4 is 16.6 Å². The Morgan fingerprint density at radius 1 is 1.35 bits per heavy atom. The molecule has 0 aliphatic heterocycles. The molecule has 1 heterocycles. The number of carbonyl (C=O) groups excluding carboxylic acids is 1. The third kappa shape index (κ3) is 3.19. The first kappa shape index (κ1) is 13.7. The van der Waals surface area contributed by atoms with Crippen molar-refractivity contribution in [1.29, 1.82) is 0 Å². The van der Waals surface area contributed by atoms with E-state index in [2.05, 4.69) is 5.32 Å². The van der Waals surface area contributed by atoms with Crippen molar-refractivity contribution in [3.63, 3.8) is 0 Å². The average molecular weight is 277 g/mol. The highest BCUT2D eigenvalue weighted by molar-refractivity contribution is 5.91. The van der Waals surface area contributed by atoms with E-state index in [0.717, 1.165) is 10.6 Å². The highest BCUT2D eigenvalue weighted by Gasteiger charge is 2.08. The Bertz CT molecular complexity index is 764. The second kappa shape index (κ2) is 5.52. The molecule has 104 valence electrons. The summed E-state index contributed by atoms with van der Waals surface area (Å²) in [7, 11) is 0. The molecule has 0 unspecified atom stereocenters. The lowest BCUT2D eigenvalue weighted by Gasteiger charge is -2.09. The molecule has 1 amide bonds. The number of nitrogens with one attached hydrogen (secondary N) is 2. The molecule has 2 N–H and O–H groups in total. The second-order valence-corrected chi connectivity index (χ2v) is 4.25. The van der Waals surface area contributed by atoms with Crippen LogP contribution in [-0.4, -0.2) is 15.5 Å². The van der Waals surface area contributed by atoms with E-state index < -0.39 is 23.0 Å². The number of rotatable bonds is 3. The molecule has 0 saturated carbocycles. The van der Waals surface area contributed by atoms with E-state index in [4.69, 9.17) is 0 Å². The minimum Gasteiger partial charge on any atom is -0.324 e. The van der Waals surface area contributed by atoms with Crippen molar-refractivity contribution in [2.45, 2.75) is 13.5 Å². The molecular formula is C13H12FN3O3.